The number of benzene rings is 1. The fourth-order valence-electron chi connectivity index (χ4n) is 3.26. The summed E-state index contributed by atoms with van der Waals surface area (Å²) in [5.74, 6) is 2.05. The van der Waals surface area contributed by atoms with Crippen molar-refractivity contribution in [3.05, 3.63) is 47.5 Å². The second-order valence-corrected chi connectivity index (χ2v) is 8.46. The molecule has 30 heavy (non-hydrogen) atoms. The van der Waals surface area contributed by atoms with Crippen molar-refractivity contribution in [2.45, 2.75) is 46.1 Å². The lowest BCUT2D eigenvalue weighted by Gasteiger charge is -2.11. The van der Waals surface area contributed by atoms with E-state index in [1.54, 1.807) is 42.8 Å². The van der Waals surface area contributed by atoms with Crippen LogP contribution in [0.15, 0.2) is 35.2 Å². The Balaban J connectivity index is 1.77. The van der Waals surface area contributed by atoms with Crippen LogP contribution in [-0.4, -0.2) is 34.7 Å². The maximum Gasteiger partial charge on any atom is 0.265 e. The van der Waals surface area contributed by atoms with Crippen molar-refractivity contribution in [2.75, 3.05) is 21.9 Å². The number of hydrogen-bond acceptors (Lipinski definition) is 7. The minimum absolute atomic E-state index is 0.221. The first-order valence-electron chi connectivity index (χ1n) is 9.77. The highest BCUT2D eigenvalue weighted by Crippen LogP contribution is 2.24. The van der Waals surface area contributed by atoms with Crippen molar-refractivity contribution < 1.29 is 8.42 Å². The second-order valence-electron chi connectivity index (χ2n) is 6.84. The Hall–Kier alpha value is -3.14. The first-order valence-corrected chi connectivity index (χ1v) is 11.2. The molecule has 9 nitrogen and oxygen atoms in total. The van der Waals surface area contributed by atoms with Crippen LogP contribution in [-0.2, 0) is 16.6 Å². The largest absolute Gasteiger partial charge is 0.370 e. The van der Waals surface area contributed by atoms with Crippen molar-refractivity contribution in [1.82, 2.24) is 19.7 Å². The van der Waals surface area contributed by atoms with Gasteiger partial charge in [-0.15, -0.1) is 0 Å². The van der Waals surface area contributed by atoms with Crippen LogP contribution in [0.4, 0.5) is 23.0 Å². The van der Waals surface area contributed by atoms with E-state index in [1.165, 1.54) is 0 Å². The third-order valence-electron chi connectivity index (χ3n) is 4.49. The van der Waals surface area contributed by atoms with E-state index in [4.69, 9.17) is 0 Å². The summed E-state index contributed by atoms with van der Waals surface area (Å²) in [5, 5.41) is 10.7. The van der Waals surface area contributed by atoms with Gasteiger partial charge in [0.15, 0.2) is 0 Å². The van der Waals surface area contributed by atoms with Crippen LogP contribution in [0, 0.1) is 20.8 Å². The van der Waals surface area contributed by atoms with E-state index in [1.807, 2.05) is 26.8 Å². The average Bonchev–Trinajstić information content (AvgIpc) is 2.97. The zero-order valence-electron chi connectivity index (χ0n) is 17.8. The summed E-state index contributed by atoms with van der Waals surface area (Å²) in [6.07, 6.45) is 0. The summed E-state index contributed by atoms with van der Waals surface area (Å²) < 4.78 is 30.1. The number of nitrogens with one attached hydrogen (secondary N) is 3. The lowest BCUT2D eigenvalue weighted by atomic mass is 10.3. The molecule has 3 aromatic rings. The molecule has 3 N–H and O–H groups in total. The van der Waals surface area contributed by atoms with Crippen LogP contribution in [0.1, 0.15) is 31.1 Å². The molecule has 0 fully saturated rings. The summed E-state index contributed by atoms with van der Waals surface area (Å²) in [6.45, 7) is 10.6. The SMILES string of the molecule is CCNc1cc(Nc2ccc(NS(=O)(=O)c3c(C)nn(CC)c3C)cc2)nc(C)n1. The number of sulfonamides is 1. The molecule has 160 valence electrons. The van der Waals surface area contributed by atoms with Gasteiger partial charge in [0.25, 0.3) is 10.0 Å². The van der Waals surface area contributed by atoms with Gasteiger partial charge in [-0.1, -0.05) is 0 Å². The number of aromatic nitrogens is 4. The fourth-order valence-corrected chi connectivity index (χ4v) is 4.73. The number of nitrogens with zero attached hydrogens (tertiary/aromatic N) is 4. The Bertz CT molecular complexity index is 1140. The molecule has 0 aliphatic rings. The first-order chi connectivity index (χ1) is 14.2. The summed E-state index contributed by atoms with van der Waals surface area (Å²) in [4.78, 5) is 8.93. The molecule has 2 aromatic heterocycles. The molecule has 0 amide bonds. The number of hydrogen-bond donors (Lipinski definition) is 3. The molecule has 0 aliphatic carbocycles. The van der Waals surface area contributed by atoms with Crippen LogP contribution in [0.5, 0.6) is 0 Å². The number of aryl methyl sites for hydroxylation is 3. The van der Waals surface area contributed by atoms with Crippen LogP contribution < -0.4 is 15.4 Å². The third kappa shape index (κ3) is 4.70. The van der Waals surface area contributed by atoms with Gasteiger partial charge in [-0.25, -0.2) is 18.4 Å². The lowest BCUT2D eigenvalue weighted by Crippen LogP contribution is -2.15. The van der Waals surface area contributed by atoms with Gasteiger partial charge in [0.05, 0.1) is 11.4 Å². The van der Waals surface area contributed by atoms with Gasteiger partial charge >= 0.3 is 0 Å². The van der Waals surface area contributed by atoms with Crippen LogP contribution in [0.25, 0.3) is 0 Å². The minimum atomic E-state index is -3.74. The Morgan fingerprint density at radius 1 is 0.967 bits per heavy atom. The van der Waals surface area contributed by atoms with E-state index in [0.29, 0.717) is 35.3 Å². The lowest BCUT2D eigenvalue weighted by molar-refractivity contribution is 0.598. The summed E-state index contributed by atoms with van der Waals surface area (Å²) >= 11 is 0. The Morgan fingerprint density at radius 3 is 2.20 bits per heavy atom. The van der Waals surface area contributed by atoms with Gasteiger partial charge in [0.2, 0.25) is 0 Å². The smallest absolute Gasteiger partial charge is 0.265 e. The Morgan fingerprint density at radius 2 is 1.60 bits per heavy atom. The monoisotopic (exact) mass is 429 g/mol. The maximum atomic E-state index is 12.9. The molecule has 2 heterocycles. The van der Waals surface area contributed by atoms with Crippen molar-refractivity contribution in [2.24, 2.45) is 0 Å². The molecule has 0 saturated carbocycles. The molecule has 0 aliphatic heterocycles. The number of anilines is 4. The molecule has 0 radical (unpaired) electrons. The molecule has 1 aromatic carbocycles. The van der Waals surface area contributed by atoms with Gasteiger partial charge in [0, 0.05) is 30.5 Å². The highest BCUT2D eigenvalue weighted by atomic mass is 32.2. The number of rotatable bonds is 8. The second kappa shape index (κ2) is 8.70. The molecule has 0 bridgehead atoms. The van der Waals surface area contributed by atoms with Crippen molar-refractivity contribution in [1.29, 1.82) is 0 Å². The van der Waals surface area contributed by atoms with Crippen molar-refractivity contribution in [3.63, 3.8) is 0 Å². The molecule has 10 heteroatoms. The van der Waals surface area contributed by atoms with Crippen LogP contribution >= 0.6 is 0 Å². The van der Waals surface area contributed by atoms with E-state index >= 15 is 0 Å². The molecular formula is C20H27N7O2S. The fraction of sp³-hybridized carbons (Fsp3) is 0.350. The topological polar surface area (TPSA) is 114 Å². The predicted octanol–water partition coefficient (Wildman–Crippen LogP) is 3.59. The molecule has 0 spiro atoms. The van der Waals surface area contributed by atoms with Gasteiger partial charge in [-0.3, -0.25) is 9.40 Å². The molecular weight excluding hydrogens is 402 g/mol. The average molecular weight is 430 g/mol. The van der Waals surface area contributed by atoms with Crippen LogP contribution in [0.3, 0.4) is 0 Å². The summed E-state index contributed by atoms with van der Waals surface area (Å²) in [7, 11) is -3.74. The Labute approximate surface area is 177 Å². The Kier molecular flexibility index (Phi) is 6.25. The maximum absolute atomic E-state index is 12.9. The molecule has 0 unspecified atom stereocenters. The van der Waals surface area contributed by atoms with E-state index in [9.17, 15) is 8.42 Å². The van der Waals surface area contributed by atoms with Gasteiger partial charge in [-0.05, 0) is 58.9 Å². The standard InChI is InChI=1S/C20H27N7O2S/c1-6-21-18-12-19(23-15(5)22-18)24-16-8-10-17(11-9-16)26-30(28,29)20-13(3)25-27(7-2)14(20)4/h8-12,26H,6-7H2,1-5H3,(H2,21,22,23,24). The summed E-state index contributed by atoms with van der Waals surface area (Å²) in [6, 6.07) is 8.81. The molecule has 0 atom stereocenters. The summed E-state index contributed by atoms with van der Waals surface area (Å²) in [5.41, 5.74) is 2.35. The highest BCUT2D eigenvalue weighted by molar-refractivity contribution is 7.92. The van der Waals surface area contributed by atoms with E-state index in [2.05, 4.69) is 30.4 Å². The quantitative estimate of drug-likeness (QED) is 0.501. The van der Waals surface area contributed by atoms with Gasteiger partial charge < -0.3 is 10.6 Å². The van der Waals surface area contributed by atoms with E-state index in [0.717, 1.165) is 18.1 Å². The third-order valence-corrected chi connectivity index (χ3v) is 6.12. The zero-order valence-corrected chi connectivity index (χ0v) is 18.6. The van der Waals surface area contributed by atoms with Crippen molar-refractivity contribution in [3.8, 4) is 0 Å². The van der Waals surface area contributed by atoms with E-state index < -0.39 is 10.0 Å². The normalized spacial score (nSPS) is 11.4. The zero-order chi connectivity index (χ0) is 21.9. The van der Waals surface area contributed by atoms with Crippen LogP contribution in [0.2, 0.25) is 0 Å². The van der Waals surface area contributed by atoms with Crippen molar-refractivity contribution >= 4 is 33.0 Å². The van der Waals surface area contributed by atoms with E-state index in [-0.39, 0.29) is 4.90 Å². The molecule has 0 saturated heterocycles. The first kappa shape index (κ1) is 21.6. The van der Waals surface area contributed by atoms with Gasteiger partial charge in [0.1, 0.15) is 22.4 Å². The molecule has 3 rings (SSSR count). The minimum Gasteiger partial charge on any atom is -0.370 e. The van der Waals surface area contributed by atoms with Gasteiger partial charge in [-0.2, -0.15) is 5.10 Å². The predicted molar refractivity (Wildman–Crippen MR) is 119 cm³/mol. The highest BCUT2D eigenvalue weighted by Gasteiger charge is 2.24.